The van der Waals surface area contributed by atoms with Gasteiger partial charge in [-0.1, -0.05) is 18.2 Å². The molecule has 0 fully saturated rings. The lowest BCUT2D eigenvalue weighted by Gasteiger charge is -2.13. The Labute approximate surface area is 182 Å². The molecule has 8 nitrogen and oxygen atoms in total. The molecular formula is C21H13F4N7O. The van der Waals surface area contributed by atoms with Gasteiger partial charge in [0.2, 0.25) is 5.95 Å². The van der Waals surface area contributed by atoms with Gasteiger partial charge in [-0.05, 0) is 24.3 Å². The van der Waals surface area contributed by atoms with Gasteiger partial charge in [0.25, 0.3) is 5.91 Å². The minimum absolute atomic E-state index is 0.0112. The van der Waals surface area contributed by atoms with Crippen molar-refractivity contribution in [1.82, 2.24) is 30.2 Å². The zero-order valence-electron chi connectivity index (χ0n) is 16.5. The summed E-state index contributed by atoms with van der Waals surface area (Å²) in [5.74, 6) is -1.14. The molecule has 2 aromatic carbocycles. The van der Waals surface area contributed by atoms with Crippen LogP contribution in [0.3, 0.4) is 0 Å². The van der Waals surface area contributed by atoms with Crippen LogP contribution in [-0.2, 0) is 11.0 Å². The highest BCUT2D eigenvalue weighted by atomic mass is 19.4. The number of alkyl halides is 3. The summed E-state index contributed by atoms with van der Waals surface area (Å²) in [5.41, 5.74) is -0.823. The molecule has 3 N–H and O–H groups in total. The number of nitrogens with one attached hydrogen (secondary N) is 3. The number of amides is 1. The summed E-state index contributed by atoms with van der Waals surface area (Å²) in [4.78, 5) is 20.8. The van der Waals surface area contributed by atoms with Gasteiger partial charge in [0.1, 0.15) is 11.5 Å². The molecule has 0 saturated heterocycles. The number of halogens is 4. The maximum absolute atomic E-state index is 13.8. The number of aromatic nitrogens is 4. The lowest BCUT2D eigenvalue weighted by atomic mass is 10.1. The van der Waals surface area contributed by atoms with Crippen molar-refractivity contribution < 1.29 is 22.4 Å². The molecule has 0 unspecified atom stereocenters. The molecule has 166 valence electrons. The quantitative estimate of drug-likeness (QED) is 0.409. The fraction of sp³-hybridized carbons (Fsp3) is 0.0476. The van der Waals surface area contributed by atoms with Gasteiger partial charge in [0, 0.05) is 24.2 Å². The van der Waals surface area contributed by atoms with E-state index in [0.29, 0.717) is 0 Å². The fourth-order valence-corrected chi connectivity index (χ4v) is 3.37. The Morgan fingerprint density at radius 3 is 2.64 bits per heavy atom. The predicted molar refractivity (Wildman–Crippen MR) is 111 cm³/mol. The molecule has 0 radical (unpaired) electrons. The van der Waals surface area contributed by atoms with Crippen molar-refractivity contribution in [2.75, 3.05) is 5.32 Å². The lowest BCUT2D eigenvalue weighted by molar-refractivity contribution is -0.136. The van der Waals surface area contributed by atoms with E-state index in [1.54, 1.807) is 0 Å². The monoisotopic (exact) mass is 455 g/mol. The molecule has 0 saturated carbocycles. The largest absolute Gasteiger partial charge is 0.417 e. The van der Waals surface area contributed by atoms with E-state index >= 15 is 0 Å². The fourth-order valence-electron chi connectivity index (χ4n) is 3.37. The van der Waals surface area contributed by atoms with Crippen LogP contribution in [-0.4, -0.2) is 25.5 Å². The van der Waals surface area contributed by atoms with Crippen LogP contribution in [0.1, 0.15) is 5.56 Å². The average Bonchev–Trinajstić information content (AvgIpc) is 3.13. The Bertz CT molecular complexity index is 1470. The molecule has 0 spiro atoms. The molecule has 3 heterocycles. The number of benzene rings is 2. The van der Waals surface area contributed by atoms with Crippen molar-refractivity contribution in [3.63, 3.8) is 0 Å². The first kappa shape index (κ1) is 20.4. The van der Waals surface area contributed by atoms with Gasteiger partial charge in [-0.25, -0.2) is 14.4 Å². The van der Waals surface area contributed by atoms with Crippen LogP contribution in [0.15, 0.2) is 66.8 Å². The number of fused-ring (bicyclic) bond motifs is 3. The van der Waals surface area contributed by atoms with Gasteiger partial charge in [0.15, 0.2) is 11.5 Å². The maximum atomic E-state index is 13.8. The van der Waals surface area contributed by atoms with E-state index in [2.05, 4.69) is 31.0 Å². The number of nitrogens with zero attached hydrogens (tertiary/aromatic N) is 4. The third kappa shape index (κ3) is 3.71. The minimum atomic E-state index is -4.68. The Morgan fingerprint density at radius 2 is 1.85 bits per heavy atom. The molecule has 2 aromatic heterocycles. The summed E-state index contributed by atoms with van der Waals surface area (Å²) in [5, 5.41) is 12.0. The van der Waals surface area contributed by atoms with E-state index in [9.17, 15) is 22.4 Å². The highest BCUT2D eigenvalue weighted by molar-refractivity contribution is 5.99. The first-order chi connectivity index (χ1) is 15.8. The van der Waals surface area contributed by atoms with E-state index in [1.165, 1.54) is 55.0 Å². The molecule has 0 aliphatic carbocycles. The van der Waals surface area contributed by atoms with Crippen LogP contribution < -0.4 is 16.0 Å². The molecule has 12 heteroatoms. The SMILES string of the molecule is O=C1NC=CNC=C1Nc1nc2cccc(C(F)(F)F)c2c2nc(-c3cccc(F)c3)nn12. The second kappa shape index (κ2) is 7.58. The predicted octanol–water partition coefficient (Wildman–Crippen LogP) is 3.55. The third-order valence-electron chi connectivity index (χ3n) is 4.80. The van der Waals surface area contributed by atoms with Crippen molar-refractivity contribution in [2.24, 2.45) is 0 Å². The van der Waals surface area contributed by atoms with Gasteiger partial charge >= 0.3 is 6.18 Å². The molecule has 1 amide bonds. The maximum Gasteiger partial charge on any atom is 0.417 e. The highest BCUT2D eigenvalue weighted by Gasteiger charge is 2.34. The number of anilines is 1. The number of carbonyl (C=O) groups excluding carboxylic acids is 1. The normalized spacial score (nSPS) is 14.1. The average molecular weight is 455 g/mol. The number of carbonyl (C=O) groups is 1. The zero-order valence-corrected chi connectivity index (χ0v) is 16.5. The molecular weight excluding hydrogens is 442 g/mol. The molecule has 0 bridgehead atoms. The standard InChI is InChI=1S/C21H13F4N7O/c22-12-4-1-3-11(9-12)17-30-18-16-13(21(23,24)25)5-2-6-14(16)28-20(32(18)31-17)29-15-10-26-7-8-27-19(15)33/h1-10,26H,(H,27,33)(H,28,29). The van der Waals surface area contributed by atoms with E-state index in [-0.39, 0.29) is 39.6 Å². The van der Waals surface area contributed by atoms with Crippen molar-refractivity contribution in [1.29, 1.82) is 0 Å². The molecule has 1 aliphatic heterocycles. The van der Waals surface area contributed by atoms with Crippen molar-refractivity contribution >= 4 is 28.4 Å². The second-order valence-corrected chi connectivity index (χ2v) is 6.97. The van der Waals surface area contributed by atoms with Crippen LogP contribution in [0.2, 0.25) is 0 Å². The van der Waals surface area contributed by atoms with Crippen LogP contribution in [0.5, 0.6) is 0 Å². The first-order valence-corrected chi connectivity index (χ1v) is 9.53. The molecule has 1 aliphatic rings. The van der Waals surface area contributed by atoms with E-state index < -0.39 is 23.5 Å². The number of rotatable bonds is 3. The van der Waals surface area contributed by atoms with E-state index in [4.69, 9.17) is 0 Å². The summed E-state index contributed by atoms with van der Waals surface area (Å²) in [6.07, 6.45) is -0.471. The Balaban J connectivity index is 1.78. The van der Waals surface area contributed by atoms with Crippen LogP contribution in [0.4, 0.5) is 23.5 Å². The smallest absolute Gasteiger partial charge is 0.364 e. The summed E-state index contributed by atoms with van der Waals surface area (Å²) in [6.45, 7) is 0. The summed E-state index contributed by atoms with van der Waals surface area (Å²) >= 11 is 0. The number of hydrogen-bond donors (Lipinski definition) is 3. The van der Waals surface area contributed by atoms with Crippen molar-refractivity contribution in [3.8, 4) is 11.4 Å². The second-order valence-electron chi connectivity index (χ2n) is 6.97. The van der Waals surface area contributed by atoms with Gasteiger partial charge in [-0.3, -0.25) is 4.79 Å². The first-order valence-electron chi connectivity index (χ1n) is 9.53. The van der Waals surface area contributed by atoms with Gasteiger partial charge in [-0.2, -0.15) is 17.7 Å². The molecule has 0 atom stereocenters. The Morgan fingerprint density at radius 1 is 1.03 bits per heavy atom. The van der Waals surface area contributed by atoms with Gasteiger partial charge in [-0.15, -0.1) is 5.10 Å². The van der Waals surface area contributed by atoms with Crippen LogP contribution >= 0.6 is 0 Å². The third-order valence-corrected chi connectivity index (χ3v) is 4.80. The molecule has 33 heavy (non-hydrogen) atoms. The minimum Gasteiger partial charge on any atom is -0.364 e. The van der Waals surface area contributed by atoms with E-state index in [0.717, 1.165) is 10.6 Å². The highest BCUT2D eigenvalue weighted by Crippen LogP contribution is 2.37. The molecule has 5 rings (SSSR count). The van der Waals surface area contributed by atoms with Crippen LogP contribution in [0.25, 0.3) is 27.9 Å². The van der Waals surface area contributed by atoms with E-state index in [1.807, 2.05) is 0 Å². The topological polar surface area (TPSA) is 96.2 Å². The summed E-state index contributed by atoms with van der Waals surface area (Å²) in [6, 6.07) is 8.90. The zero-order chi connectivity index (χ0) is 23.2. The van der Waals surface area contributed by atoms with Gasteiger partial charge in [0.05, 0.1) is 16.5 Å². The van der Waals surface area contributed by atoms with Gasteiger partial charge < -0.3 is 16.0 Å². The Hall–Kier alpha value is -4.48. The summed E-state index contributed by atoms with van der Waals surface area (Å²) in [7, 11) is 0. The summed E-state index contributed by atoms with van der Waals surface area (Å²) < 4.78 is 56.1. The van der Waals surface area contributed by atoms with Crippen LogP contribution in [0, 0.1) is 5.82 Å². The Kier molecular flexibility index (Phi) is 4.69. The van der Waals surface area contributed by atoms with Crippen molar-refractivity contribution in [3.05, 3.63) is 78.1 Å². The van der Waals surface area contributed by atoms with Crippen molar-refractivity contribution in [2.45, 2.75) is 6.18 Å². The molecule has 4 aromatic rings. The lowest BCUT2D eigenvalue weighted by Crippen LogP contribution is -2.24. The number of hydrogen-bond acceptors (Lipinski definition) is 6.